The molecule has 0 aliphatic carbocycles. The zero-order valence-corrected chi connectivity index (χ0v) is 24.7. The minimum Gasteiger partial charge on any atom is -0.463 e. The normalized spacial score (nSPS) is 22.6. The first-order chi connectivity index (χ1) is 19.8. The number of aliphatic hydroxyl groups is 1. The van der Waals surface area contributed by atoms with Crippen molar-refractivity contribution in [3.8, 4) is 0 Å². The Kier molecular flexibility index (Phi) is 11.1. The molecule has 2 heterocycles. The molecule has 12 heteroatoms. The quantitative estimate of drug-likeness (QED) is 0.184. The van der Waals surface area contributed by atoms with Crippen LogP contribution in [0.15, 0.2) is 52.4 Å². The molecule has 1 fully saturated rings. The summed E-state index contributed by atoms with van der Waals surface area (Å²) in [6.07, 6.45) is -2.85. The molecule has 42 heavy (non-hydrogen) atoms. The number of benzene rings is 1. The van der Waals surface area contributed by atoms with Gasteiger partial charge in [-0.3, -0.25) is 14.4 Å². The molecular formula is C30H41N5O7. The third kappa shape index (κ3) is 8.34. The largest absolute Gasteiger partial charge is 0.463 e. The summed E-state index contributed by atoms with van der Waals surface area (Å²) in [5.41, 5.74) is 12.5. The van der Waals surface area contributed by atoms with E-state index < -0.39 is 47.8 Å². The number of aromatic amines is 1. The van der Waals surface area contributed by atoms with Crippen LogP contribution in [0.5, 0.6) is 0 Å². The van der Waals surface area contributed by atoms with Gasteiger partial charge in [-0.1, -0.05) is 65.0 Å². The number of aliphatic imine (C=N–C) groups is 2. The van der Waals surface area contributed by atoms with Crippen molar-refractivity contribution in [2.75, 3.05) is 6.61 Å². The molecule has 0 bridgehead atoms. The maximum atomic E-state index is 12.9. The maximum absolute atomic E-state index is 12.9. The van der Waals surface area contributed by atoms with E-state index in [4.69, 9.17) is 25.7 Å². The van der Waals surface area contributed by atoms with Crippen molar-refractivity contribution >= 4 is 30.0 Å². The summed E-state index contributed by atoms with van der Waals surface area (Å²) in [6.45, 7) is 8.74. The van der Waals surface area contributed by atoms with Gasteiger partial charge in [0, 0.05) is 11.6 Å². The minimum absolute atomic E-state index is 0.0397. The Bertz CT molecular complexity index is 1280. The van der Waals surface area contributed by atoms with Crippen LogP contribution in [-0.4, -0.2) is 71.1 Å². The smallest absolute Gasteiger partial charge is 0.323 e. The number of carbonyl (C=O) groups excluding carboxylic acids is 3. The van der Waals surface area contributed by atoms with Gasteiger partial charge in [0.05, 0.1) is 18.5 Å². The van der Waals surface area contributed by atoms with Crippen LogP contribution in [-0.2, 0) is 35.0 Å². The summed E-state index contributed by atoms with van der Waals surface area (Å²) in [5, 5.41) is 11.3. The lowest BCUT2D eigenvalue weighted by molar-refractivity contribution is -0.163. The molecule has 2 aromatic rings. The van der Waals surface area contributed by atoms with Crippen LogP contribution in [0.3, 0.4) is 0 Å². The second-order valence-electron chi connectivity index (χ2n) is 11.4. The maximum Gasteiger partial charge on any atom is 0.323 e. The Morgan fingerprint density at radius 1 is 1.17 bits per heavy atom. The van der Waals surface area contributed by atoms with Crippen molar-refractivity contribution in [2.24, 2.45) is 32.8 Å². The molecule has 12 nitrogen and oxygen atoms in total. The third-order valence-corrected chi connectivity index (χ3v) is 7.08. The predicted molar refractivity (Wildman–Crippen MR) is 157 cm³/mol. The van der Waals surface area contributed by atoms with Gasteiger partial charge < -0.3 is 35.8 Å². The number of aliphatic hydroxyl groups excluding tert-OH is 1. The van der Waals surface area contributed by atoms with E-state index in [1.54, 1.807) is 52.0 Å². The number of amides is 1. The fourth-order valence-electron chi connectivity index (χ4n) is 4.15. The first-order valence-corrected chi connectivity index (χ1v) is 13.9. The Hall–Kier alpha value is -3.87. The molecule has 1 aromatic carbocycles. The fraction of sp³-hybridized carbons (Fsp3) is 0.500. The molecule has 228 valence electrons. The highest BCUT2D eigenvalue weighted by atomic mass is 16.6. The van der Waals surface area contributed by atoms with Crippen molar-refractivity contribution in [3.63, 3.8) is 0 Å². The van der Waals surface area contributed by atoms with Crippen LogP contribution < -0.4 is 11.5 Å². The van der Waals surface area contributed by atoms with E-state index in [-0.39, 0.29) is 30.7 Å². The Morgan fingerprint density at radius 3 is 2.48 bits per heavy atom. The molecule has 1 saturated heterocycles. The number of rotatable bonds is 10. The van der Waals surface area contributed by atoms with Crippen molar-refractivity contribution in [1.29, 1.82) is 0 Å². The number of amidine groups is 1. The number of hydrogen-bond acceptors (Lipinski definition) is 8. The van der Waals surface area contributed by atoms with Crippen molar-refractivity contribution in [2.45, 2.75) is 77.9 Å². The van der Waals surface area contributed by atoms with Gasteiger partial charge in [-0.05, 0) is 29.5 Å². The molecular weight excluding hydrogens is 542 g/mol. The lowest BCUT2D eigenvalue weighted by Crippen LogP contribution is -2.48. The zero-order chi connectivity index (χ0) is 31.0. The van der Waals surface area contributed by atoms with Crippen LogP contribution >= 0.6 is 0 Å². The Morgan fingerprint density at radius 2 is 1.86 bits per heavy atom. The van der Waals surface area contributed by atoms with Gasteiger partial charge in [0.1, 0.15) is 31.0 Å². The minimum atomic E-state index is -1.34. The molecule has 1 aliphatic heterocycles. The summed E-state index contributed by atoms with van der Waals surface area (Å²) >= 11 is 0. The number of aromatic nitrogens is 1. The summed E-state index contributed by atoms with van der Waals surface area (Å²) in [7, 11) is 0. The molecule has 0 spiro atoms. The van der Waals surface area contributed by atoms with Gasteiger partial charge >= 0.3 is 11.9 Å². The Balaban J connectivity index is 1.83. The van der Waals surface area contributed by atoms with E-state index >= 15 is 0 Å². The number of carbonyl (C=O) groups is 3. The summed E-state index contributed by atoms with van der Waals surface area (Å²) in [5.74, 6) is -1.83. The number of nitrogens with one attached hydrogen (secondary N) is 1. The van der Waals surface area contributed by atoms with Crippen LogP contribution in [0, 0.1) is 11.3 Å². The molecule has 0 unspecified atom stereocenters. The number of nitrogens with two attached hydrogens (primary N) is 2. The molecule has 1 aliphatic rings. The number of hydrogen-bond donors (Lipinski definition) is 4. The van der Waals surface area contributed by atoms with Crippen molar-refractivity contribution in [3.05, 3.63) is 59.4 Å². The zero-order valence-electron chi connectivity index (χ0n) is 24.7. The standard InChI is InChI=1S/C30H41N5O7/c1-6-17(2)28(38)35-27(33-16-31)20-13-12-19(34-20)24-23(37)25(42-29(39)26(32)30(3,4)5)21(41-24)15-40-22(36)14-18-10-8-7-9-11-18/h7-13,16-17,21,23-26,34,37H,6,14-15,32H2,1-5H3,(H2,31,33,35,38)/t17-,21-,23+,24+,25-,26-/m1/s1. The monoisotopic (exact) mass is 583 g/mol. The van der Waals surface area contributed by atoms with E-state index in [2.05, 4.69) is 15.0 Å². The van der Waals surface area contributed by atoms with Gasteiger partial charge in [0.15, 0.2) is 11.9 Å². The van der Waals surface area contributed by atoms with E-state index in [0.717, 1.165) is 11.9 Å². The van der Waals surface area contributed by atoms with Gasteiger partial charge in [-0.15, -0.1) is 0 Å². The van der Waals surface area contributed by atoms with Crippen molar-refractivity contribution < 1.29 is 33.7 Å². The van der Waals surface area contributed by atoms with E-state index in [0.29, 0.717) is 17.8 Å². The average Bonchev–Trinajstić information content (AvgIpc) is 3.55. The summed E-state index contributed by atoms with van der Waals surface area (Å²) < 4.78 is 17.2. The molecule has 6 N–H and O–H groups in total. The lowest BCUT2D eigenvalue weighted by Gasteiger charge is -2.28. The topological polar surface area (TPSA) is 192 Å². The average molecular weight is 584 g/mol. The number of esters is 2. The molecule has 0 saturated carbocycles. The second kappa shape index (κ2) is 14.3. The molecule has 3 rings (SSSR count). The Labute approximate surface area is 245 Å². The SMILES string of the molecule is CC[C@@H](C)C(=O)N=C(N=CN)c1ccc([C@@H]2O[C@H](COC(=O)Cc3ccccc3)[C@@H](OC(=O)[C@@H](N)C(C)(C)C)[C@H]2O)[nH]1. The van der Waals surface area contributed by atoms with Crippen LogP contribution in [0.1, 0.15) is 64.1 Å². The van der Waals surface area contributed by atoms with E-state index in [1.807, 2.05) is 25.1 Å². The first-order valence-electron chi connectivity index (χ1n) is 13.9. The lowest BCUT2D eigenvalue weighted by atomic mass is 9.87. The van der Waals surface area contributed by atoms with Gasteiger partial charge in [0.25, 0.3) is 5.91 Å². The highest BCUT2D eigenvalue weighted by molar-refractivity contribution is 6.07. The summed E-state index contributed by atoms with van der Waals surface area (Å²) in [4.78, 5) is 49.0. The molecule has 1 amide bonds. The van der Waals surface area contributed by atoms with Crippen LogP contribution in [0.25, 0.3) is 0 Å². The molecule has 0 radical (unpaired) electrons. The molecule has 1 aromatic heterocycles. The van der Waals surface area contributed by atoms with Gasteiger partial charge in [-0.2, -0.15) is 4.99 Å². The second-order valence-corrected chi connectivity index (χ2v) is 11.4. The third-order valence-electron chi connectivity index (χ3n) is 7.08. The van der Waals surface area contributed by atoms with Crippen LogP contribution in [0.2, 0.25) is 0 Å². The van der Waals surface area contributed by atoms with Crippen molar-refractivity contribution in [1.82, 2.24) is 4.98 Å². The highest BCUT2D eigenvalue weighted by Crippen LogP contribution is 2.36. The van der Waals surface area contributed by atoms with E-state index in [1.165, 1.54) is 0 Å². The van der Waals surface area contributed by atoms with E-state index in [9.17, 15) is 19.5 Å². The highest BCUT2D eigenvalue weighted by Gasteiger charge is 2.49. The number of ether oxygens (including phenoxy) is 3. The predicted octanol–water partition coefficient (Wildman–Crippen LogP) is 2.19. The fourth-order valence-corrected chi connectivity index (χ4v) is 4.15. The summed E-state index contributed by atoms with van der Waals surface area (Å²) in [6, 6.07) is 11.4. The number of nitrogens with zero attached hydrogens (tertiary/aromatic N) is 2. The molecule has 6 atom stereocenters. The van der Waals surface area contributed by atoms with Crippen LogP contribution in [0.4, 0.5) is 0 Å². The number of H-pyrrole nitrogens is 1. The first kappa shape index (κ1) is 32.6. The van der Waals surface area contributed by atoms with Gasteiger partial charge in [-0.25, -0.2) is 4.99 Å². The van der Waals surface area contributed by atoms with Gasteiger partial charge in [0.2, 0.25) is 0 Å².